The number of hydrogen-bond acceptors (Lipinski definition) is 4. The zero-order chi connectivity index (χ0) is 17.1. The molecule has 0 radical (unpaired) electrons. The summed E-state index contributed by atoms with van der Waals surface area (Å²) in [5.74, 6) is 0.562. The third-order valence-electron chi connectivity index (χ3n) is 3.79. The number of aromatic amines is 3. The third kappa shape index (κ3) is 3.43. The Bertz CT molecular complexity index is 952. The Morgan fingerprint density at radius 2 is 2.00 bits per heavy atom. The van der Waals surface area contributed by atoms with Gasteiger partial charge in [0, 0.05) is 31.6 Å². The molecule has 2 aromatic heterocycles. The number of carbonyl (C=O) groups is 1. The van der Waals surface area contributed by atoms with E-state index in [9.17, 15) is 14.4 Å². The number of rotatable bonds is 5. The molecule has 3 rings (SSSR count). The maximum atomic E-state index is 12.2. The molecule has 0 atom stereocenters. The lowest BCUT2D eigenvalue weighted by Gasteiger charge is -2.16. The first-order valence-electron chi connectivity index (χ1n) is 7.51. The van der Waals surface area contributed by atoms with Crippen LogP contribution in [-0.4, -0.2) is 44.6 Å². The number of para-hydroxylation sites is 2. The second-order valence-electron chi connectivity index (χ2n) is 5.56. The summed E-state index contributed by atoms with van der Waals surface area (Å²) in [6, 6.07) is 8.86. The molecule has 3 aromatic rings. The fraction of sp³-hybridized carbons (Fsp3) is 0.250. The number of H-pyrrole nitrogens is 3. The highest BCUT2D eigenvalue weighted by atomic mass is 16.2. The predicted molar refractivity (Wildman–Crippen MR) is 88.8 cm³/mol. The monoisotopic (exact) mass is 327 g/mol. The summed E-state index contributed by atoms with van der Waals surface area (Å²) < 4.78 is 0. The van der Waals surface area contributed by atoms with E-state index >= 15 is 0 Å². The Morgan fingerprint density at radius 3 is 2.79 bits per heavy atom. The van der Waals surface area contributed by atoms with Gasteiger partial charge in [-0.15, -0.1) is 0 Å². The molecule has 0 spiro atoms. The van der Waals surface area contributed by atoms with Crippen LogP contribution in [-0.2, 0) is 17.6 Å². The molecule has 8 nitrogen and oxygen atoms in total. The van der Waals surface area contributed by atoms with Gasteiger partial charge in [-0.25, -0.2) is 4.98 Å². The normalized spacial score (nSPS) is 10.9. The number of aromatic nitrogens is 4. The van der Waals surface area contributed by atoms with Crippen LogP contribution in [0.25, 0.3) is 11.0 Å². The van der Waals surface area contributed by atoms with Gasteiger partial charge >= 0.3 is 0 Å². The van der Waals surface area contributed by atoms with E-state index < -0.39 is 11.1 Å². The topological polar surface area (TPSA) is 115 Å². The molecule has 3 N–H and O–H groups in total. The van der Waals surface area contributed by atoms with Gasteiger partial charge in [0.2, 0.25) is 5.91 Å². The van der Waals surface area contributed by atoms with Crippen LogP contribution in [0.2, 0.25) is 0 Å². The maximum absolute atomic E-state index is 12.2. The van der Waals surface area contributed by atoms with Gasteiger partial charge in [-0.05, 0) is 12.1 Å². The molecule has 1 amide bonds. The molecule has 0 bridgehead atoms. The minimum atomic E-state index is -0.464. The Morgan fingerprint density at radius 1 is 1.21 bits per heavy atom. The fourth-order valence-corrected chi connectivity index (χ4v) is 2.41. The van der Waals surface area contributed by atoms with Crippen molar-refractivity contribution in [3.63, 3.8) is 0 Å². The van der Waals surface area contributed by atoms with Gasteiger partial charge < -0.3 is 9.88 Å². The average Bonchev–Trinajstić information content (AvgIpc) is 2.98. The van der Waals surface area contributed by atoms with E-state index in [1.165, 1.54) is 4.90 Å². The highest BCUT2D eigenvalue weighted by molar-refractivity contribution is 5.78. The molecule has 124 valence electrons. The van der Waals surface area contributed by atoms with Crippen LogP contribution in [0.4, 0.5) is 0 Å². The SMILES string of the molecule is CN(CCc1nc2ccccc2[nH]1)C(=O)Cc1cc(=O)[nH][nH]c1=O. The number of benzene rings is 1. The molecule has 0 saturated carbocycles. The molecule has 24 heavy (non-hydrogen) atoms. The summed E-state index contributed by atoms with van der Waals surface area (Å²) in [7, 11) is 1.66. The van der Waals surface area contributed by atoms with Gasteiger partial charge in [0.15, 0.2) is 0 Å². The molecule has 2 heterocycles. The van der Waals surface area contributed by atoms with Crippen LogP contribution < -0.4 is 11.1 Å². The zero-order valence-electron chi connectivity index (χ0n) is 13.1. The molecule has 0 unspecified atom stereocenters. The highest BCUT2D eigenvalue weighted by Gasteiger charge is 2.13. The second kappa shape index (κ2) is 6.53. The van der Waals surface area contributed by atoms with Gasteiger partial charge in [0.25, 0.3) is 11.1 Å². The molecule has 1 aromatic carbocycles. The Balaban J connectivity index is 1.62. The van der Waals surface area contributed by atoms with E-state index in [4.69, 9.17) is 0 Å². The number of amides is 1. The Labute approximate surface area is 136 Å². The quantitative estimate of drug-likeness (QED) is 0.620. The minimum Gasteiger partial charge on any atom is -0.345 e. The minimum absolute atomic E-state index is 0.115. The van der Waals surface area contributed by atoms with Crippen molar-refractivity contribution in [3.05, 3.63) is 62.4 Å². The molecule has 8 heteroatoms. The number of likely N-dealkylation sites (N-methyl/N-ethyl adjacent to an activating group) is 1. The molecule has 0 aliphatic heterocycles. The van der Waals surface area contributed by atoms with E-state index in [2.05, 4.69) is 20.2 Å². The van der Waals surface area contributed by atoms with Crippen molar-refractivity contribution in [2.75, 3.05) is 13.6 Å². The molecule has 0 aliphatic carbocycles. The van der Waals surface area contributed by atoms with E-state index in [0.717, 1.165) is 22.9 Å². The van der Waals surface area contributed by atoms with Gasteiger partial charge in [-0.3, -0.25) is 24.6 Å². The molecule has 0 fully saturated rings. The highest BCUT2D eigenvalue weighted by Crippen LogP contribution is 2.10. The van der Waals surface area contributed by atoms with Crippen LogP contribution in [0, 0.1) is 0 Å². The summed E-state index contributed by atoms with van der Waals surface area (Å²) >= 11 is 0. The Hall–Kier alpha value is -3.16. The molecule has 0 aliphatic rings. The van der Waals surface area contributed by atoms with Crippen LogP contribution in [0.1, 0.15) is 11.4 Å². The first-order chi connectivity index (χ1) is 11.5. The predicted octanol–water partition coefficient (Wildman–Crippen LogP) is 0.183. The first kappa shape index (κ1) is 15.7. The van der Waals surface area contributed by atoms with Crippen molar-refractivity contribution >= 4 is 16.9 Å². The fourth-order valence-electron chi connectivity index (χ4n) is 2.41. The van der Waals surface area contributed by atoms with E-state index in [-0.39, 0.29) is 17.9 Å². The maximum Gasteiger partial charge on any atom is 0.266 e. The smallest absolute Gasteiger partial charge is 0.266 e. The number of carbonyl (C=O) groups excluding carboxylic acids is 1. The molecule has 0 saturated heterocycles. The first-order valence-corrected chi connectivity index (χ1v) is 7.51. The lowest BCUT2D eigenvalue weighted by Crippen LogP contribution is -2.33. The van der Waals surface area contributed by atoms with E-state index in [1.54, 1.807) is 7.05 Å². The number of imidazole rings is 1. The lowest BCUT2D eigenvalue weighted by molar-refractivity contribution is -0.129. The zero-order valence-corrected chi connectivity index (χ0v) is 13.1. The molecular weight excluding hydrogens is 310 g/mol. The summed E-state index contributed by atoms with van der Waals surface area (Å²) in [6.45, 7) is 0.458. The van der Waals surface area contributed by atoms with Crippen molar-refractivity contribution in [2.45, 2.75) is 12.8 Å². The Kier molecular flexibility index (Phi) is 4.28. The van der Waals surface area contributed by atoms with E-state index in [1.807, 2.05) is 24.3 Å². The molecular formula is C16H17N5O3. The van der Waals surface area contributed by atoms with Crippen molar-refractivity contribution in [1.82, 2.24) is 25.1 Å². The number of hydrogen-bond donors (Lipinski definition) is 3. The average molecular weight is 327 g/mol. The largest absolute Gasteiger partial charge is 0.345 e. The van der Waals surface area contributed by atoms with Crippen LogP contribution >= 0.6 is 0 Å². The van der Waals surface area contributed by atoms with E-state index in [0.29, 0.717) is 13.0 Å². The second-order valence-corrected chi connectivity index (χ2v) is 5.56. The van der Waals surface area contributed by atoms with Crippen LogP contribution in [0.3, 0.4) is 0 Å². The standard InChI is InChI=1S/C16H17N5O3/c1-21(15(23)9-10-8-14(22)19-20-16(10)24)7-6-13-17-11-4-2-3-5-12(11)18-13/h2-5,8H,6-7,9H2,1H3,(H,17,18)(H,19,22)(H,20,24). The summed E-state index contributed by atoms with van der Waals surface area (Å²) in [5, 5.41) is 4.38. The lowest BCUT2D eigenvalue weighted by atomic mass is 10.2. The number of fused-ring (bicyclic) bond motifs is 1. The summed E-state index contributed by atoms with van der Waals surface area (Å²) in [6.07, 6.45) is 0.457. The van der Waals surface area contributed by atoms with Gasteiger partial charge in [-0.1, -0.05) is 12.1 Å². The number of nitrogens with one attached hydrogen (secondary N) is 3. The number of nitrogens with zero attached hydrogens (tertiary/aromatic N) is 2. The summed E-state index contributed by atoms with van der Waals surface area (Å²) in [5.41, 5.74) is 1.09. The van der Waals surface area contributed by atoms with Crippen LogP contribution in [0.5, 0.6) is 0 Å². The van der Waals surface area contributed by atoms with Crippen LogP contribution in [0.15, 0.2) is 39.9 Å². The van der Waals surface area contributed by atoms with Gasteiger partial charge in [0.1, 0.15) is 5.82 Å². The van der Waals surface area contributed by atoms with Gasteiger partial charge in [0.05, 0.1) is 17.5 Å². The van der Waals surface area contributed by atoms with Crippen molar-refractivity contribution < 1.29 is 4.79 Å². The van der Waals surface area contributed by atoms with Crippen molar-refractivity contribution in [1.29, 1.82) is 0 Å². The third-order valence-corrected chi connectivity index (χ3v) is 3.79. The van der Waals surface area contributed by atoms with Gasteiger partial charge in [-0.2, -0.15) is 0 Å². The summed E-state index contributed by atoms with van der Waals surface area (Å²) in [4.78, 5) is 44.2. The van der Waals surface area contributed by atoms with Crippen molar-refractivity contribution in [3.8, 4) is 0 Å². The van der Waals surface area contributed by atoms with Crippen molar-refractivity contribution in [2.24, 2.45) is 0 Å².